The van der Waals surface area contributed by atoms with Crippen LogP contribution in [0.3, 0.4) is 0 Å². The molecular formula is C13H22N2OS. The highest BCUT2D eigenvalue weighted by molar-refractivity contribution is 7.10. The van der Waals surface area contributed by atoms with Crippen LogP contribution < -0.4 is 5.32 Å². The average molecular weight is 254 g/mol. The van der Waals surface area contributed by atoms with E-state index in [9.17, 15) is 0 Å². The molecule has 1 aliphatic rings. The predicted molar refractivity (Wildman–Crippen MR) is 72.7 cm³/mol. The van der Waals surface area contributed by atoms with E-state index in [0.717, 1.165) is 39.2 Å². The molecule has 0 saturated carbocycles. The van der Waals surface area contributed by atoms with Gasteiger partial charge in [-0.3, -0.25) is 4.90 Å². The number of hydrogen-bond acceptors (Lipinski definition) is 4. The Morgan fingerprint density at radius 3 is 3.29 bits per heavy atom. The van der Waals surface area contributed by atoms with Gasteiger partial charge in [0, 0.05) is 44.8 Å². The molecule has 96 valence electrons. The molecule has 1 aromatic rings. The normalized spacial score (nSPS) is 16.1. The quantitative estimate of drug-likeness (QED) is 0.750. The van der Waals surface area contributed by atoms with Crippen LogP contribution >= 0.6 is 11.3 Å². The Morgan fingerprint density at radius 2 is 2.41 bits per heavy atom. The van der Waals surface area contributed by atoms with Gasteiger partial charge in [-0.05, 0) is 36.4 Å². The molecule has 0 atom stereocenters. The molecule has 0 spiro atoms. The van der Waals surface area contributed by atoms with E-state index in [2.05, 4.69) is 21.7 Å². The van der Waals surface area contributed by atoms with Gasteiger partial charge in [0.25, 0.3) is 0 Å². The lowest BCUT2D eigenvalue weighted by Gasteiger charge is -2.26. The molecule has 0 aromatic carbocycles. The number of thiophene rings is 1. The Bertz CT molecular complexity index is 327. The molecule has 0 bridgehead atoms. The first-order valence-corrected chi connectivity index (χ1v) is 7.25. The fraction of sp³-hybridized carbons (Fsp3) is 0.692. The second-order valence-electron chi connectivity index (χ2n) is 4.49. The molecule has 2 heterocycles. The van der Waals surface area contributed by atoms with E-state index in [1.54, 1.807) is 17.6 Å². The van der Waals surface area contributed by atoms with Crippen molar-refractivity contribution in [3.05, 3.63) is 21.9 Å². The van der Waals surface area contributed by atoms with Gasteiger partial charge in [-0.2, -0.15) is 0 Å². The van der Waals surface area contributed by atoms with E-state index in [-0.39, 0.29) is 0 Å². The van der Waals surface area contributed by atoms with Crippen molar-refractivity contribution in [2.45, 2.75) is 19.4 Å². The molecule has 0 aliphatic carbocycles. The Hall–Kier alpha value is -0.420. The van der Waals surface area contributed by atoms with Crippen molar-refractivity contribution in [1.82, 2.24) is 10.2 Å². The van der Waals surface area contributed by atoms with Crippen molar-refractivity contribution in [3.8, 4) is 0 Å². The summed E-state index contributed by atoms with van der Waals surface area (Å²) in [5.74, 6) is 0. The summed E-state index contributed by atoms with van der Waals surface area (Å²) < 4.78 is 5.02. The van der Waals surface area contributed by atoms with Crippen LogP contribution in [0.1, 0.15) is 16.9 Å². The lowest BCUT2D eigenvalue weighted by Crippen LogP contribution is -2.35. The van der Waals surface area contributed by atoms with E-state index in [0.29, 0.717) is 0 Å². The summed E-state index contributed by atoms with van der Waals surface area (Å²) in [6.45, 7) is 6.51. The molecule has 0 radical (unpaired) electrons. The van der Waals surface area contributed by atoms with Crippen molar-refractivity contribution in [2.24, 2.45) is 0 Å². The molecule has 0 amide bonds. The van der Waals surface area contributed by atoms with Crippen molar-refractivity contribution in [3.63, 3.8) is 0 Å². The number of fused-ring (bicyclic) bond motifs is 1. The van der Waals surface area contributed by atoms with Crippen LogP contribution in [0.2, 0.25) is 0 Å². The van der Waals surface area contributed by atoms with E-state index in [4.69, 9.17) is 4.74 Å². The number of nitrogens with one attached hydrogen (secondary N) is 1. The summed E-state index contributed by atoms with van der Waals surface area (Å²) in [6, 6.07) is 2.28. The molecule has 0 saturated heterocycles. The fourth-order valence-electron chi connectivity index (χ4n) is 2.20. The highest BCUT2D eigenvalue weighted by atomic mass is 32.1. The van der Waals surface area contributed by atoms with Gasteiger partial charge in [-0.15, -0.1) is 11.3 Å². The zero-order chi connectivity index (χ0) is 11.9. The minimum Gasteiger partial charge on any atom is -0.385 e. The largest absolute Gasteiger partial charge is 0.385 e. The summed E-state index contributed by atoms with van der Waals surface area (Å²) in [7, 11) is 1.76. The number of methoxy groups -OCH3 is 1. The van der Waals surface area contributed by atoms with Crippen LogP contribution in [-0.4, -0.2) is 44.8 Å². The topological polar surface area (TPSA) is 24.5 Å². The van der Waals surface area contributed by atoms with Gasteiger partial charge < -0.3 is 10.1 Å². The Balaban J connectivity index is 1.59. The van der Waals surface area contributed by atoms with Gasteiger partial charge in [0.05, 0.1) is 0 Å². The van der Waals surface area contributed by atoms with Crippen molar-refractivity contribution in [2.75, 3.05) is 39.9 Å². The summed E-state index contributed by atoms with van der Waals surface area (Å²) >= 11 is 1.91. The molecule has 0 fully saturated rings. The maximum Gasteiger partial charge on any atom is 0.0474 e. The molecule has 17 heavy (non-hydrogen) atoms. The van der Waals surface area contributed by atoms with Gasteiger partial charge in [-0.25, -0.2) is 0 Å². The SMILES string of the molecule is COCCCNCCN1CCc2sccc2C1. The number of rotatable bonds is 7. The molecule has 3 nitrogen and oxygen atoms in total. The van der Waals surface area contributed by atoms with E-state index in [1.807, 2.05) is 11.3 Å². The summed E-state index contributed by atoms with van der Waals surface area (Å²) in [5.41, 5.74) is 1.54. The molecule has 0 unspecified atom stereocenters. The third-order valence-electron chi connectivity index (χ3n) is 3.19. The minimum atomic E-state index is 0.856. The number of hydrogen-bond donors (Lipinski definition) is 1. The first kappa shape index (κ1) is 13.0. The lowest BCUT2D eigenvalue weighted by molar-refractivity contribution is 0.193. The highest BCUT2D eigenvalue weighted by Gasteiger charge is 2.16. The maximum absolute atomic E-state index is 5.02. The average Bonchev–Trinajstić information content (AvgIpc) is 2.81. The highest BCUT2D eigenvalue weighted by Crippen LogP contribution is 2.23. The molecule has 4 heteroatoms. The van der Waals surface area contributed by atoms with Crippen molar-refractivity contribution in [1.29, 1.82) is 0 Å². The smallest absolute Gasteiger partial charge is 0.0474 e. The van der Waals surface area contributed by atoms with Crippen LogP contribution in [0.5, 0.6) is 0 Å². The summed E-state index contributed by atoms with van der Waals surface area (Å²) in [5, 5.41) is 5.69. The summed E-state index contributed by atoms with van der Waals surface area (Å²) in [4.78, 5) is 4.13. The van der Waals surface area contributed by atoms with Gasteiger partial charge >= 0.3 is 0 Å². The zero-order valence-corrected chi connectivity index (χ0v) is 11.4. The van der Waals surface area contributed by atoms with E-state index < -0.39 is 0 Å². The van der Waals surface area contributed by atoms with Gasteiger partial charge in [0.1, 0.15) is 0 Å². The van der Waals surface area contributed by atoms with Crippen LogP contribution in [0, 0.1) is 0 Å². The molecule has 1 aliphatic heterocycles. The predicted octanol–water partition coefficient (Wildman–Crippen LogP) is 1.73. The first-order valence-electron chi connectivity index (χ1n) is 6.37. The standard InChI is InChI=1S/C13H22N2OS/c1-16-9-2-5-14-6-8-15-7-3-13-12(11-15)4-10-17-13/h4,10,14H,2-3,5-9,11H2,1H3. The maximum atomic E-state index is 5.02. The Morgan fingerprint density at radius 1 is 1.47 bits per heavy atom. The zero-order valence-electron chi connectivity index (χ0n) is 10.6. The Kier molecular flexibility index (Phi) is 5.45. The van der Waals surface area contributed by atoms with E-state index >= 15 is 0 Å². The van der Waals surface area contributed by atoms with Crippen LogP contribution in [0.15, 0.2) is 11.4 Å². The molecule has 2 rings (SSSR count). The number of ether oxygens (including phenoxy) is 1. The van der Waals surface area contributed by atoms with Crippen LogP contribution in [-0.2, 0) is 17.7 Å². The molecule has 1 N–H and O–H groups in total. The molecular weight excluding hydrogens is 232 g/mol. The van der Waals surface area contributed by atoms with Crippen LogP contribution in [0.4, 0.5) is 0 Å². The fourth-order valence-corrected chi connectivity index (χ4v) is 3.09. The lowest BCUT2D eigenvalue weighted by atomic mass is 10.1. The third kappa shape index (κ3) is 4.07. The summed E-state index contributed by atoms with van der Waals surface area (Å²) in [6.07, 6.45) is 2.34. The third-order valence-corrected chi connectivity index (χ3v) is 4.22. The Labute approximate surface area is 108 Å². The second kappa shape index (κ2) is 7.11. The van der Waals surface area contributed by atoms with Gasteiger partial charge in [0.2, 0.25) is 0 Å². The van der Waals surface area contributed by atoms with Gasteiger partial charge in [0.15, 0.2) is 0 Å². The van der Waals surface area contributed by atoms with Crippen molar-refractivity contribution >= 4 is 11.3 Å². The van der Waals surface area contributed by atoms with Crippen LogP contribution in [0.25, 0.3) is 0 Å². The first-order chi connectivity index (χ1) is 8.40. The molecule has 1 aromatic heterocycles. The van der Waals surface area contributed by atoms with Crippen molar-refractivity contribution < 1.29 is 4.74 Å². The monoisotopic (exact) mass is 254 g/mol. The van der Waals surface area contributed by atoms with E-state index in [1.165, 1.54) is 13.0 Å². The minimum absolute atomic E-state index is 0.856. The second-order valence-corrected chi connectivity index (χ2v) is 5.49. The number of nitrogens with zero attached hydrogens (tertiary/aromatic N) is 1. The van der Waals surface area contributed by atoms with Gasteiger partial charge in [-0.1, -0.05) is 0 Å².